The molecule has 0 atom stereocenters. The molecule has 0 unspecified atom stereocenters. The molecule has 0 bridgehead atoms. The highest BCUT2D eigenvalue weighted by atomic mass is 31.1. The summed E-state index contributed by atoms with van der Waals surface area (Å²) < 4.78 is 0. The van der Waals surface area contributed by atoms with E-state index in [1.807, 2.05) is 0 Å². The van der Waals surface area contributed by atoms with E-state index in [1.54, 1.807) is 0 Å². The summed E-state index contributed by atoms with van der Waals surface area (Å²) >= 11 is 0. The zero-order chi connectivity index (χ0) is 21.1. The Morgan fingerprint density at radius 1 is 0.419 bits per heavy atom. The third-order valence-corrected chi connectivity index (χ3v) is 6.23. The van der Waals surface area contributed by atoms with Crippen molar-refractivity contribution in [3.63, 3.8) is 0 Å². The van der Waals surface area contributed by atoms with Crippen LogP contribution >= 0.6 is 8.58 Å². The monoisotopic (exact) mass is 418 g/mol. The molecule has 0 aliphatic heterocycles. The van der Waals surface area contributed by atoms with Crippen molar-refractivity contribution < 1.29 is 0 Å². The molecule has 0 aliphatic carbocycles. The lowest BCUT2D eigenvalue weighted by Gasteiger charge is -2.10. The van der Waals surface area contributed by atoms with Crippen LogP contribution in [0.15, 0.2) is 133 Å². The van der Waals surface area contributed by atoms with Crippen LogP contribution in [-0.2, 0) is 0 Å². The van der Waals surface area contributed by atoms with Crippen LogP contribution < -0.4 is 0 Å². The van der Waals surface area contributed by atoms with Crippen molar-refractivity contribution in [1.29, 1.82) is 0 Å². The van der Waals surface area contributed by atoms with Crippen LogP contribution in [0, 0.1) is 0 Å². The van der Waals surface area contributed by atoms with Crippen LogP contribution in [0.4, 0.5) is 0 Å². The van der Waals surface area contributed by atoms with E-state index in [-0.39, 0.29) is 0 Å². The predicted octanol–water partition coefficient (Wildman–Crippen LogP) is 7.93. The molecule has 0 saturated heterocycles. The maximum absolute atomic E-state index is 2.40. The van der Waals surface area contributed by atoms with Gasteiger partial charge in [0.2, 0.25) is 0 Å². The van der Waals surface area contributed by atoms with Gasteiger partial charge in [-0.3, -0.25) is 0 Å². The summed E-state index contributed by atoms with van der Waals surface area (Å²) in [5, 5.41) is 0. The summed E-state index contributed by atoms with van der Waals surface area (Å²) in [4.78, 5) is 0. The van der Waals surface area contributed by atoms with Gasteiger partial charge < -0.3 is 0 Å². The zero-order valence-electron chi connectivity index (χ0n) is 17.6. The van der Waals surface area contributed by atoms with Gasteiger partial charge in [-0.1, -0.05) is 133 Å². The minimum atomic E-state index is 0.845. The lowest BCUT2D eigenvalue weighted by molar-refractivity contribution is 1.52. The Bertz CT molecular complexity index is 936. The summed E-state index contributed by atoms with van der Waals surface area (Å²) in [6, 6.07) is 42.8. The molecule has 4 aromatic rings. The molecule has 0 saturated carbocycles. The second kappa shape index (κ2) is 11.3. The van der Waals surface area contributed by atoms with Crippen molar-refractivity contribution in [1.82, 2.24) is 0 Å². The van der Waals surface area contributed by atoms with E-state index in [2.05, 4.69) is 133 Å². The summed E-state index contributed by atoms with van der Waals surface area (Å²) in [6.07, 6.45) is 6.96. The summed E-state index contributed by atoms with van der Waals surface area (Å²) in [5.74, 6) is 0. The van der Waals surface area contributed by atoms with Crippen molar-refractivity contribution >= 4 is 19.7 Å². The van der Waals surface area contributed by atoms with E-state index in [9.17, 15) is 0 Å². The number of benzene rings is 4. The van der Waals surface area contributed by atoms with Gasteiger partial charge in [0.05, 0.1) is 0 Å². The summed E-state index contributed by atoms with van der Waals surface area (Å²) in [5.41, 5.74) is 7.77. The van der Waals surface area contributed by atoms with E-state index in [0.717, 1.165) is 20.9 Å². The fraction of sp³-hybridized carbons (Fsp3) is 0.0667. The first kappa shape index (κ1) is 21.0. The number of hydrogen-bond donors (Lipinski definition) is 0. The van der Waals surface area contributed by atoms with Crippen LogP contribution in [0.5, 0.6) is 0 Å². The highest BCUT2D eigenvalue weighted by Crippen LogP contribution is 2.27. The molecule has 0 aromatic heterocycles. The van der Waals surface area contributed by atoms with Gasteiger partial charge in [-0.2, -0.15) is 0 Å². The lowest BCUT2D eigenvalue weighted by Crippen LogP contribution is -1.90. The third kappa shape index (κ3) is 5.91. The van der Waals surface area contributed by atoms with Crippen molar-refractivity contribution in [2.75, 3.05) is 12.3 Å². The second-order valence-electron chi connectivity index (χ2n) is 7.36. The maximum atomic E-state index is 2.40. The molecule has 0 fully saturated rings. The average Bonchev–Trinajstić information content (AvgIpc) is 2.86. The normalized spacial score (nSPS) is 10.3. The first-order valence-corrected chi connectivity index (χ1v) is 12.2. The maximum Gasteiger partial charge on any atom is -0.0148 e. The van der Waals surface area contributed by atoms with Gasteiger partial charge >= 0.3 is 0 Å². The fourth-order valence-corrected chi connectivity index (χ4v) is 4.57. The molecule has 0 amide bonds. The summed E-state index contributed by atoms with van der Waals surface area (Å²) in [7, 11) is 0.845. The Hall–Kier alpha value is -3.21. The van der Waals surface area contributed by atoms with Crippen LogP contribution in [0.1, 0.15) is 22.3 Å². The smallest absolute Gasteiger partial charge is 0.0148 e. The molecule has 0 aliphatic rings. The Balaban J connectivity index is 1.51. The van der Waals surface area contributed by atoms with Gasteiger partial charge in [-0.25, -0.2) is 0 Å². The molecule has 0 nitrogen and oxygen atoms in total. The van der Waals surface area contributed by atoms with Crippen molar-refractivity contribution in [2.45, 2.75) is 0 Å². The average molecular weight is 419 g/mol. The minimum Gasteiger partial charge on any atom is -0.114 e. The summed E-state index contributed by atoms with van der Waals surface area (Å²) in [6.45, 7) is 0. The first-order chi connectivity index (χ1) is 15.4. The molecule has 0 radical (unpaired) electrons. The molecule has 0 heterocycles. The molecular formula is C30H27P. The van der Waals surface area contributed by atoms with Crippen LogP contribution in [0.3, 0.4) is 0 Å². The highest BCUT2D eigenvalue weighted by molar-refractivity contribution is 7.38. The minimum absolute atomic E-state index is 0.845. The first-order valence-electron chi connectivity index (χ1n) is 10.7. The Labute approximate surface area is 187 Å². The Morgan fingerprint density at radius 3 is 0.935 bits per heavy atom. The van der Waals surface area contributed by atoms with E-state index in [1.165, 1.54) is 33.4 Å². The lowest BCUT2D eigenvalue weighted by atomic mass is 9.98. The van der Waals surface area contributed by atoms with Crippen LogP contribution in [0.25, 0.3) is 11.1 Å². The van der Waals surface area contributed by atoms with E-state index in [4.69, 9.17) is 0 Å². The van der Waals surface area contributed by atoms with Crippen molar-refractivity contribution in [3.05, 3.63) is 156 Å². The zero-order valence-corrected chi connectivity index (χ0v) is 18.6. The Morgan fingerprint density at radius 2 is 0.677 bits per heavy atom. The molecule has 0 N–H and O–H groups in total. The van der Waals surface area contributed by atoms with Crippen LogP contribution in [0.2, 0.25) is 0 Å². The third-order valence-electron chi connectivity index (χ3n) is 5.24. The standard InChI is InChI=1S/C30H27P/c1-5-13-25(14-6-1)29(26-15-7-2-8-16-26)21-23-31-24-22-30(27-17-9-3-10-18-27)28-19-11-4-12-20-28/h1-22,31H,23-24H2. The molecule has 4 aromatic carbocycles. The molecule has 4 rings (SSSR count). The largest absolute Gasteiger partial charge is 0.114 e. The van der Waals surface area contributed by atoms with E-state index < -0.39 is 0 Å². The van der Waals surface area contributed by atoms with E-state index in [0.29, 0.717) is 0 Å². The van der Waals surface area contributed by atoms with Gasteiger partial charge in [-0.05, 0) is 45.7 Å². The van der Waals surface area contributed by atoms with Gasteiger partial charge in [0.15, 0.2) is 0 Å². The van der Waals surface area contributed by atoms with Gasteiger partial charge in [0.25, 0.3) is 0 Å². The fourth-order valence-electron chi connectivity index (χ4n) is 3.71. The Kier molecular flexibility index (Phi) is 7.64. The second-order valence-corrected chi connectivity index (χ2v) is 8.67. The molecule has 152 valence electrons. The molecular weight excluding hydrogens is 391 g/mol. The van der Waals surface area contributed by atoms with Gasteiger partial charge in [0.1, 0.15) is 0 Å². The molecule has 0 spiro atoms. The van der Waals surface area contributed by atoms with Gasteiger partial charge in [-0.15, -0.1) is 8.58 Å². The predicted molar refractivity (Wildman–Crippen MR) is 138 cm³/mol. The van der Waals surface area contributed by atoms with Crippen molar-refractivity contribution in [3.8, 4) is 0 Å². The van der Waals surface area contributed by atoms with Crippen molar-refractivity contribution in [2.24, 2.45) is 0 Å². The topological polar surface area (TPSA) is 0 Å². The number of hydrogen-bond acceptors (Lipinski definition) is 0. The molecule has 1 heteroatoms. The number of allylic oxidation sites excluding steroid dienone is 2. The SMILES string of the molecule is C(CPCC=C(c1ccccc1)c1ccccc1)=C(c1ccccc1)c1ccccc1. The number of rotatable bonds is 8. The highest BCUT2D eigenvalue weighted by Gasteiger charge is 2.05. The molecule has 31 heavy (non-hydrogen) atoms. The quantitative estimate of drug-likeness (QED) is 0.201. The van der Waals surface area contributed by atoms with E-state index >= 15 is 0 Å². The van der Waals surface area contributed by atoms with Crippen LogP contribution in [-0.4, -0.2) is 12.3 Å². The van der Waals surface area contributed by atoms with Gasteiger partial charge in [0, 0.05) is 0 Å².